The number of ether oxygens (including phenoxy) is 1. The van der Waals surface area contributed by atoms with E-state index in [1.807, 2.05) is 6.92 Å². The number of amides is 1. The lowest BCUT2D eigenvalue weighted by atomic mass is 9.99. The predicted octanol–water partition coefficient (Wildman–Crippen LogP) is 3.03. The second-order valence-corrected chi connectivity index (χ2v) is 5.09. The average Bonchev–Trinajstić information content (AvgIpc) is 3.03. The van der Waals surface area contributed by atoms with Gasteiger partial charge in [0, 0.05) is 23.9 Å². The van der Waals surface area contributed by atoms with Crippen molar-refractivity contribution in [3.05, 3.63) is 41.9 Å². The van der Waals surface area contributed by atoms with E-state index < -0.39 is 17.8 Å². The Balaban J connectivity index is 2.06. The quantitative estimate of drug-likeness (QED) is 0.935. The summed E-state index contributed by atoms with van der Waals surface area (Å²) in [6.45, 7) is 2.29. The molecule has 1 aliphatic heterocycles. The van der Waals surface area contributed by atoms with Crippen LogP contribution in [0.15, 0.2) is 35.8 Å². The molecule has 0 radical (unpaired) electrons. The highest BCUT2D eigenvalue weighted by Crippen LogP contribution is 2.37. The Morgan fingerprint density at radius 3 is 2.75 bits per heavy atom. The van der Waals surface area contributed by atoms with E-state index in [0.717, 1.165) is 6.07 Å². The molecule has 9 heteroatoms. The molecule has 2 aromatic rings. The van der Waals surface area contributed by atoms with Crippen molar-refractivity contribution in [2.75, 3.05) is 6.61 Å². The summed E-state index contributed by atoms with van der Waals surface area (Å²) < 4.78 is 46.8. The first kappa shape index (κ1) is 16.0. The van der Waals surface area contributed by atoms with E-state index in [0.29, 0.717) is 6.54 Å². The van der Waals surface area contributed by atoms with Gasteiger partial charge in [-0.05, 0) is 13.0 Å². The molecule has 0 unspecified atom stereocenters. The summed E-state index contributed by atoms with van der Waals surface area (Å²) in [6.07, 6.45) is -2.25. The number of cyclic esters (lactones) is 1. The fourth-order valence-corrected chi connectivity index (χ4v) is 2.31. The molecule has 0 fully saturated rings. The highest BCUT2D eigenvalue weighted by molar-refractivity contribution is 6.04. The monoisotopic (exact) mass is 338 g/mol. The van der Waals surface area contributed by atoms with Gasteiger partial charge in [0.1, 0.15) is 12.3 Å². The summed E-state index contributed by atoms with van der Waals surface area (Å²) in [6, 6.07) is 3.83. The lowest BCUT2D eigenvalue weighted by molar-refractivity contribution is -0.137. The number of benzene rings is 1. The summed E-state index contributed by atoms with van der Waals surface area (Å²) in [5.41, 5.74) is 1.92. The zero-order valence-electron chi connectivity index (χ0n) is 12.6. The molecule has 1 aromatic carbocycles. The highest BCUT2D eigenvalue weighted by atomic mass is 19.4. The van der Waals surface area contributed by atoms with E-state index in [1.165, 1.54) is 18.5 Å². The summed E-state index contributed by atoms with van der Waals surface area (Å²) in [5, 5.41) is 3.73. The fraction of sp³-hybridized carbons (Fsp3) is 0.267. The molecular weight excluding hydrogens is 325 g/mol. The second-order valence-electron chi connectivity index (χ2n) is 5.09. The summed E-state index contributed by atoms with van der Waals surface area (Å²) in [4.78, 5) is 14.9. The molecule has 2 heterocycles. The van der Waals surface area contributed by atoms with Gasteiger partial charge < -0.3 is 9.30 Å². The third-order valence-electron chi connectivity index (χ3n) is 3.55. The first-order valence-corrected chi connectivity index (χ1v) is 7.11. The first-order chi connectivity index (χ1) is 11.4. The van der Waals surface area contributed by atoms with E-state index in [2.05, 4.69) is 15.5 Å². The Morgan fingerprint density at radius 2 is 2.17 bits per heavy atom. The minimum Gasteiger partial charge on any atom is -0.442 e. The maximum absolute atomic E-state index is 13.5. The van der Waals surface area contributed by atoms with Crippen molar-refractivity contribution >= 4 is 11.8 Å². The number of aromatic nitrogens is 2. The number of rotatable bonds is 3. The Bertz CT molecular complexity index is 811. The van der Waals surface area contributed by atoms with Gasteiger partial charge in [0.25, 0.3) is 0 Å². The number of aryl methyl sites for hydroxylation is 1. The minimum absolute atomic E-state index is 0.0141. The van der Waals surface area contributed by atoms with Crippen molar-refractivity contribution in [2.24, 2.45) is 5.10 Å². The first-order valence-electron chi connectivity index (χ1n) is 7.11. The van der Waals surface area contributed by atoms with Crippen LogP contribution in [0.4, 0.5) is 18.0 Å². The normalized spacial score (nSPS) is 14.8. The predicted molar refractivity (Wildman–Crippen MR) is 79.4 cm³/mol. The molecule has 0 atom stereocenters. The molecule has 1 N–H and O–H groups in total. The van der Waals surface area contributed by atoms with Crippen molar-refractivity contribution in [3.8, 4) is 11.3 Å². The van der Waals surface area contributed by atoms with Crippen molar-refractivity contribution in [1.29, 1.82) is 0 Å². The van der Waals surface area contributed by atoms with Crippen LogP contribution in [0.3, 0.4) is 0 Å². The Labute approximate surface area is 134 Å². The van der Waals surface area contributed by atoms with Gasteiger partial charge in [0.15, 0.2) is 0 Å². The Kier molecular flexibility index (Phi) is 4.00. The van der Waals surface area contributed by atoms with Crippen molar-refractivity contribution in [2.45, 2.75) is 19.6 Å². The molecule has 1 amide bonds. The van der Waals surface area contributed by atoms with E-state index in [9.17, 15) is 18.0 Å². The van der Waals surface area contributed by atoms with Gasteiger partial charge in [-0.25, -0.2) is 15.2 Å². The number of alkyl halides is 3. The van der Waals surface area contributed by atoms with Crippen LogP contribution in [0.25, 0.3) is 11.3 Å². The van der Waals surface area contributed by atoms with Gasteiger partial charge in [0.05, 0.1) is 17.6 Å². The van der Waals surface area contributed by atoms with Gasteiger partial charge in [-0.3, -0.25) is 0 Å². The zero-order valence-corrected chi connectivity index (χ0v) is 12.6. The third-order valence-corrected chi connectivity index (χ3v) is 3.55. The maximum atomic E-state index is 13.5. The van der Waals surface area contributed by atoms with Gasteiger partial charge in [-0.15, -0.1) is 0 Å². The summed E-state index contributed by atoms with van der Waals surface area (Å²) in [7, 11) is 0. The Hall–Kier alpha value is -2.84. The third kappa shape index (κ3) is 3.10. The molecule has 1 aromatic heterocycles. The summed E-state index contributed by atoms with van der Waals surface area (Å²) in [5.74, 6) is 0. The zero-order chi connectivity index (χ0) is 17.3. The number of hydrazone groups is 1. The van der Waals surface area contributed by atoms with Crippen molar-refractivity contribution in [1.82, 2.24) is 15.0 Å². The van der Waals surface area contributed by atoms with Crippen molar-refractivity contribution < 1.29 is 22.7 Å². The molecule has 6 nitrogen and oxygen atoms in total. The van der Waals surface area contributed by atoms with E-state index in [1.54, 1.807) is 10.8 Å². The lowest BCUT2D eigenvalue weighted by Gasteiger charge is -2.16. The smallest absolute Gasteiger partial charge is 0.428 e. The summed E-state index contributed by atoms with van der Waals surface area (Å²) >= 11 is 0. The largest absolute Gasteiger partial charge is 0.442 e. The van der Waals surface area contributed by atoms with E-state index in [4.69, 9.17) is 4.74 Å². The fourth-order valence-electron chi connectivity index (χ4n) is 2.31. The molecule has 0 aliphatic carbocycles. The molecule has 0 saturated heterocycles. The lowest BCUT2D eigenvalue weighted by Crippen LogP contribution is -2.30. The number of imidazole rings is 1. The van der Waals surface area contributed by atoms with Gasteiger partial charge in [-0.2, -0.15) is 18.3 Å². The van der Waals surface area contributed by atoms with Crippen LogP contribution in [0.1, 0.15) is 18.1 Å². The van der Waals surface area contributed by atoms with Crippen LogP contribution < -0.4 is 5.43 Å². The molecular formula is C15H13F3N4O2. The van der Waals surface area contributed by atoms with Crippen LogP contribution in [0.5, 0.6) is 0 Å². The molecule has 0 spiro atoms. The van der Waals surface area contributed by atoms with E-state index >= 15 is 0 Å². The molecule has 126 valence electrons. The van der Waals surface area contributed by atoms with Crippen LogP contribution in [0.2, 0.25) is 0 Å². The average molecular weight is 338 g/mol. The van der Waals surface area contributed by atoms with Gasteiger partial charge in [-0.1, -0.05) is 12.1 Å². The molecule has 1 aliphatic rings. The molecule has 3 rings (SSSR count). The molecule has 24 heavy (non-hydrogen) atoms. The van der Waals surface area contributed by atoms with Crippen LogP contribution >= 0.6 is 0 Å². The van der Waals surface area contributed by atoms with Crippen LogP contribution in [0, 0.1) is 0 Å². The van der Waals surface area contributed by atoms with Crippen LogP contribution in [-0.4, -0.2) is 28.0 Å². The number of hydrogen-bond acceptors (Lipinski definition) is 4. The number of hydrogen-bond donors (Lipinski definition) is 1. The second kappa shape index (κ2) is 5.99. The maximum Gasteiger partial charge on any atom is 0.428 e. The minimum atomic E-state index is -4.55. The molecule has 0 saturated carbocycles. The van der Waals surface area contributed by atoms with E-state index in [-0.39, 0.29) is 29.1 Å². The number of halogens is 3. The SMILES string of the molecule is CCn1cnc(-c2ccc(C3=NNC(=O)OC3)cc2C(F)(F)F)c1. The Morgan fingerprint density at radius 1 is 1.38 bits per heavy atom. The number of nitrogens with zero attached hydrogens (tertiary/aromatic N) is 3. The number of nitrogens with one attached hydrogen (secondary N) is 1. The van der Waals surface area contributed by atoms with Crippen molar-refractivity contribution in [3.63, 3.8) is 0 Å². The topological polar surface area (TPSA) is 68.5 Å². The van der Waals surface area contributed by atoms with Crippen LogP contribution in [-0.2, 0) is 17.5 Å². The number of carbonyl (C=O) groups excluding carboxylic acids is 1. The number of carbonyl (C=O) groups is 1. The highest BCUT2D eigenvalue weighted by Gasteiger charge is 2.35. The van der Waals surface area contributed by atoms with Gasteiger partial charge in [0.2, 0.25) is 0 Å². The van der Waals surface area contributed by atoms with Gasteiger partial charge >= 0.3 is 12.3 Å². The standard InChI is InChI=1S/C15H13F3N4O2/c1-2-22-6-12(19-8-22)10-4-3-9(5-11(10)15(16,17)18)13-7-24-14(23)21-20-13/h3-6,8H,2,7H2,1H3,(H,21,23). The molecule has 0 bridgehead atoms.